The van der Waals surface area contributed by atoms with Crippen molar-refractivity contribution in [3.05, 3.63) is 65.5 Å². The highest BCUT2D eigenvalue weighted by Crippen LogP contribution is 2.22. The summed E-state index contributed by atoms with van der Waals surface area (Å²) < 4.78 is 5.65. The minimum atomic E-state index is -0.147. The molecule has 1 aromatic carbocycles. The van der Waals surface area contributed by atoms with Gasteiger partial charge in [0.1, 0.15) is 12.7 Å². The van der Waals surface area contributed by atoms with Gasteiger partial charge in [-0.25, -0.2) is 0 Å². The van der Waals surface area contributed by atoms with Crippen molar-refractivity contribution < 1.29 is 9.53 Å². The van der Waals surface area contributed by atoms with Crippen LogP contribution in [0, 0.1) is 6.92 Å². The Morgan fingerprint density at radius 2 is 2.00 bits per heavy atom. The van der Waals surface area contributed by atoms with Crippen LogP contribution in [0.15, 0.2) is 48.5 Å². The molecular formula is C17H18N2O2. The number of ether oxygens (including phenoxy) is 1. The van der Waals surface area contributed by atoms with Crippen LogP contribution in [0.5, 0.6) is 0 Å². The maximum atomic E-state index is 12.0. The Morgan fingerprint density at radius 1 is 1.19 bits per heavy atom. The highest BCUT2D eigenvalue weighted by molar-refractivity contribution is 5.78. The second-order valence-corrected chi connectivity index (χ2v) is 5.26. The van der Waals surface area contributed by atoms with Gasteiger partial charge < -0.3 is 9.64 Å². The zero-order valence-electron chi connectivity index (χ0n) is 12.0. The average molecular weight is 282 g/mol. The van der Waals surface area contributed by atoms with Crippen molar-refractivity contribution in [1.29, 1.82) is 0 Å². The lowest BCUT2D eigenvalue weighted by atomic mass is 10.1. The van der Waals surface area contributed by atoms with E-state index in [1.807, 2.05) is 60.4 Å². The molecule has 2 aromatic rings. The number of nitrogens with zero attached hydrogens (tertiary/aromatic N) is 2. The molecule has 21 heavy (non-hydrogen) atoms. The Labute approximate surface area is 124 Å². The smallest absolute Gasteiger partial charge is 0.249 e. The Morgan fingerprint density at radius 3 is 2.76 bits per heavy atom. The van der Waals surface area contributed by atoms with E-state index in [0.717, 1.165) is 17.0 Å². The van der Waals surface area contributed by atoms with Gasteiger partial charge in [-0.3, -0.25) is 9.78 Å². The van der Waals surface area contributed by atoms with Crippen LogP contribution < -0.4 is 0 Å². The highest BCUT2D eigenvalue weighted by atomic mass is 16.5. The van der Waals surface area contributed by atoms with Crippen molar-refractivity contribution in [2.24, 2.45) is 0 Å². The number of benzene rings is 1. The first-order chi connectivity index (χ1) is 10.2. The molecule has 1 fully saturated rings. The van der Waals surface area contributed by atoms with Crippen LogP contribution in [0.2, 0.25) is 0 Å². The molecule has 0 saturated carbocycles. The number of hydrogen-bond acceptors (Lipinski definition) is 3. The monoisotopic (exact) mass is 282 g/mol. The van der Waals surface area contributed by atoms with Crippen molar-refractivity contribution in [2.75, 3.05) is 13.2 Å². The number of morpholine rings is 1. The van der Waals surface area contributed by atoms with E-state index in [-0.39, 0.29) is 18.6 Å². The fourth-order valence-corrected chi connectivity index (χ4v) is 2.50. The molecule has 1 unspecified atom stereocenters. The van der Waals surface area contributed by atoms with Crippen LogP contribution in [0.3, 0.4) is 0 Å². The summed E-state index contributed by atoms with van der Waals surface area (Å²) in [6.45, 7) is 3.24. The molecule has 4 nitrogen and oxygen atoms in total. The Balaban J connectivity index is 1.74. The van der Waals surface area contributed by atoms with Gasteiger partial charge in [-0.05, 0) is 24.6 Å². The number of aryl methyl sites for hydroxylation is 1. The van der Waals surface area contributed by atoms with Gasteiger partial charge >= 0.3 is 0 Å². The number of pyridine rings is 1. The van der Waals surface area contributed by atoms with E-state index < -0.39 is 0 Å². The molecule has 1 saturated heterocycles. The average Bonchev–Trinajstić information content (AvgIpc) is 2.50. The van der Waals surface area contributed by atoms with Gasteiger partial charge in [0.2, 0.25) is 5.91 Å². The molecule has 4 heteroatoms. The number of amides is 1. The number of carbonyl (C=O) groups excluding carboxylic acids is 1. The molecule has 1 atom stereocenters. The molecule has 0 radical (unpaired) electrons. The summed E-state index contributed by atoms with van der Waals surface area (Å²) in [6, 6.07) is 15.9. The third-order valence-electron chi connectivity index (χ3n) is 3.60. The van der Waals surface area contributed by atoms with Crippen molar-refractivity contribution in [1.82, 2.24) is 9.88 Å². The van der Waals surface area contributed by atoms with Crippen LogP contribution in [0.1, 0.15) is 23.1 Å². The van der Waals surface area contributed by atoms with Gasteiger partial charge in [0.25, 0.3) is 0 Å². The largest absolute Gasteiger partial charge is 0.360 e. The second-order valence-electron chi connectivity index (χ2n) is 5.26. The maximum absolute atomic E-state index is 12.0. The highest BCUT2D eigenvalue weighted by Gasteiger charge is 2.28. The number of aromatic nitrogens is 1. The predicted molar refractivity (Wildman–Crippen MR) is 79.5 cm³/mol. The second kappa shape index (κ2) is 6.06. The lowest BCUT2D eigenvalue weighted by Gasteiger charge is -2.32. The summed E-state index contributed by atoms with van der Waals surface area (Å²) in [6.07, 6.45) is -0.147. The van der Waals surface area contributed by atoms with Crippen LogP contribution in [-0.4, -0.2) is 28.9 Å². The van der Waals surface area contributed by atoms with Crippen molar-refractivity contribution in [2.45, 2.75) is 19.6 Å². The lowest BCUT2D eigenvalue weighted by Crippen LogP contribution is -2.42. The third kappa shape index (κ3) is 3.28. The van der Waals surface area contributed by atoms with Gasteiger partial charge in [-0.1, -0.05) is 36.4 Å². The van der Waals surface area contributed by atoms with E-state index in [2.05, 4.69) is 4.98 Å². The molecule has 2 heterocycles. The molecule has 0 N–H and O–H groups in total. The van der Waals surface area contributed by atoms with Gasteiger partial charge in [0.15, 0.2) is 0 Å². The molecular weight excluding hydrogens is 264 g/mol. The molecule has 0 aliphatic carbocycles. The van der Waals surface area contributed by atoms with Crippen molar-refractivity contribution in [3.63, 3.8) is 0 Å². The van der Waals surface area contributed by atoms with Gasteiger partial charge in [-0.2, -0.15) is 0 Å². The van der Waals surface area contributed by atoms with E-state index >= 15 is 0 Å². The van der Waals surface area contributed by atoms with Gasteiger partial charge in [-0.15, -0.1) is 0 Å². The van der Waals surface area contributed by atoms with Crippen LogP contribution >= 0.6 is 0 Å². The summed E-state index contributed by atoms with van der Waals surface area (Å²) in [5.74, 6) is 0.0303. The SMILES string of the molecule is Cc1cccc(C2CN(Cc3ccccc3)C(=O)CO2)n1. The predicted octanol–water partition coefficient (Wildman–Crippen LogP) is 2.49. The molecule has 1 aliphatic heterocycles. The molecule has 1 amide bonds. The van der Waals surface area contributed by atoms with Crippen LogP contribution in [-0.2, 0) is 16.1 Å². The first-order valence-electron chi connectivity index (χ1n) is 7.09. The van der Waals surface area contributed by atoms with E-state index in [1.54, 1.807) is 0 Å². The first kappa shape index (κ1) is 13.8. The van der Waals surface area contributed by atoms with E-state index in [1.165, 1.54) is 0 Å². The van der Waals surface area contributed by atoms with E-state index in [4.69, 9.17) is 4.74 Å². The molecule has 0 bridgehead atoms. The lowest BCUT2D eigenvalue weighted by molar-refractivity contribution is -0.150. The van der Waals surface area contributed by atoms with Gasteiger partial charge in [0.05, 0.1) is 12.2 Å². The molecule has 108 valence electrons. The fourth-order valence-electron chi connectivity index (χ4n) is 2.50. The zero-order valence-corrected chi connectivity index (χ0v) is 12.0. The fraction of sp³-hybridized carbons (Fsp3) is 0.294. The molecule has 3 rings (SSSR count). The quantitative estimate of drug-likeness (QED) is 0.868. The minimum absolute atomic E-state index is 0.0303. The summed E-state index contributed by atoms with van der Waals surface area (Å²) in [5.41, 5.74) is 2.98. The standard InChI is InChI=1S/C17H18N2O2/c1-13-6-5-9-15(18-13)16-11-19(17(20)12-21-16)10-14-7-3-2-4-8-14/h2-9,16H,10-12H2,1H3. The van der Waals surface area contributed by atoms with Crippen molar-refractivity contribution in [3.8, 4) is 0 Å². The number of rotatable bonds is 3. The number of carbonyl (C=O) groups is 1. The Hall–Kier alpha value is -2.20. The maximum Gasteiger partial charge on any atom is 0.249 e. The number of hydrogen-bond donors (Lipinski definition) is 0. The topological polar surface area (TPSA) is 42.4 Å². The Kier molecular flexibility index (Phi) is 3.97. The zero-order chi connectivity index (χ0) is 14.7. The molecule has 0 spiro atoms. The Bertz CT molecular complexity index is 628. The minimum Gasteiger partial charge on any atom is -0.360 e. The van der Waals surface area contributed by atoms with E-state index in [9.17, 15) is 4.79 Å². The molecule has 1 aliphatic rings. The third-order valence-corrected chi connectivity index (χ3v) is 3.60. The summed E-state index contributed by atoms with van der Waals surface area (Å²) in [4.78, 5) is 18.4. The van der Waals surface area contributed by atoms with Crippen molar-refractivity contribution >= 4 is 5.91 Å². The normalized spacial score (nSPS) is 18.8. The molecule has 1 aromatic heterocycles. The van der Waals surface area contributed by atoms with Gasteiger partial charge in [0, 0.05) is 12.2 Å². The summed E-state index contributed by atoms with van der Waals surface area (Å²) in [5, 5.41) is 0. The summed E-state index contributed by atoms with van der Waals surface area (Å²) >= 11 is 0. The van der Waals surface area contributed by atoms with E-state index in [0.29, 0.717) is 13.1 Å². The van der Waals surface area contributed by atoms with Crippen LogP contribution in [0.4, 0.5) is 0 Å². The van der Waals surface area contributed by atoms with Crippen LogP contribution in [0.25, 0.3) is 0 Å². The summed E-state index contributed by atoms with van der Waals surface area (Å²) in [7, 11) is 0. The first-order valence-corrected chi connectivity index (χ1v) is 7.09.